The summed E-state index contributed by atoms with van der Waals surface area (Å²) >= 11 is 1.36. The molecule has 1 unspecified atom stereocenters. The van der Waals surface area contributed by atoms with Crippen molar-refractivity contribution in [2.75, 3.05) is 19.8 Å². The monoisotopic (exact) mass is 456 g/mol. The van der Waals surface area contributed by atoms with E-state index in [-0.39, 0.29) is 5.92 Å². The molecule has 0 spiro atoms. The van der Waals surface area contributed by atoms with Gasteiger partial charge in [0.1, 0.15) is 6.33 Å². The molecular formula is C19H19F3N4O2S2. The van der Waals surface area contributed by atoms with Crippen molar-refractivity contribution in [2.45, 2.75) is 17.0 Å². The quantitative estimate of drug-likeness (QED) is 0.505. The second-order valence-electron chi connectivity index (χ2n) is 6.58. The molecular weight excluding hydrogens is 437 g/mol. The fraction of sp³-hybridized carbons (Fsp3) is 0.263. The van der Waals surface area contributed by atoms with Crippen molar-refractivity contribution in [2.24, 2.45) is 0 Å². The zero-order chi connectivity index (χ0) is 21.9. The van der Waals surface area contributed by atoms with E-state index in [9.17, 15) is 21.6 Å². The molecule has 6 nitrogen and oxygen atoms in total. The van der Waals surface area contributed by atoms with Gasteiger partial charge in [-0.25, -0.2) is 8.96 Å². The highest BCUT2D eigenvalue weighted by Gasteiger charge is 2.30. The van der Waals surface area contributed by atoms with Crippen LogP contribution in [0.25, 0.3) is 0 Å². The number of pyridine rings is 1. The second-order valence-corrected chi connectivity index (χ2v) is 9.73. The number of aromatic nitrogens is 3. The maximum Gasteiger partial charge on any atom is 0.416 e. The van der Waals surface area contributed by atoms with Crippen LogP contribution in [0, 0.1) is 0 Å². The minimum atomic E-state index is -4.38. The smallest absolute Gasteiger partial charge is 0.265 e. The van der Waals surface area contributed by atoms with Crippen molar-refractivity contribution in [3.05, 3.63) is 78.1 Å². The highest BCUT2D eigenvalue weighted by atomic mass is 32.2. The lowest BCUT2D eigenvalue weighted by atomic mass is 9.99. The van der Waals surface area contributed by atoms with Gasteiger partial charge < -0.3 is 0 Å². The van der Waals surface area contributed by atoms with Gasteiger partial charge in [-0.15, -0.1) is 11.8 Å². The number of hydrogen-bond donors (Lipinski definition) is 0. The maximum absolute atomic E-state index is 12.8. The zero-order valence-electron chi connectivity index (χ0n) is 16.1. The summed E-state index contributed by atoms with van der Waals surface area (Å²) in [6, 6.07) is 8.54. The van der Waals surface area contributed by atoms with Crippen LogP contribution in [-0.4, -0.2) is 46.5 Å². The molecule has 0 aliphatic carbocycles. The summed E-state index contributed by atoms with van der Waals surface area (Å²) in [4.78, 5) is 8.94. The Bertz CT molecular complexity index is 1080. The Labute approximate surface area is 177 Å². The van der Waals surface area contributed by atoms with Crippen LogP contribution in [0.15, 0.2) is 66.2 Å². The van der Waals surface area contributed by atoms with E-state index in [4.69, 9.17) is 0 Å². The highest BCUT2D eigenvalue weighted by molar-refractivity contribution is 7.99. The number of halogens is 3. The molecule has 0 radical (unpaired) electrons. The van der Waals surface area contributed by atoms with Crippen LogP contribution >= 0.6 is 11.8 Å². The predicted molar refractivity (Wildman–Crippen MR) is 108 cm³/mol. The molecule has 30 heavy (non-hydrogen) atoms. The largest absolute Gasteiger partial charge is 0.416 e. The van der Waals surface area contributed by atoms with Crippen molar-refractivity contribution in [1.82, 2.24) is 18.2 Å². The standard InChI is InChI=1S/C19H19F3N4O2S2/c1-25(2)30(27,28)26-11-18(24-13-26)17(14-7-9-23-10-8-14)12-29-16-5-3-15(4-6-16)19(20,21)22/h3-11,13,17H,12H2,1-2H3. The van der Waals surface area contributed by atoms with E-state index < -0.39 is 21.9 Å². The average Bonchev–Trinajstić information content (AvgIpc) is 3.19. The first kappa shape index (κ1) is 22.3. The third-order valence-corrected chi connectivity index (χ3v) is 7.13. The van der Waals surface area contributed by atoms with Crippen LogP contribution in [0.3, 0.4) is 0 Å². The minimum absolute atomic E-state index is 0.279. The van der Waals surface area contributed by atoms with Crippen LogP contribution in [0.1, 0.15) is 22.7 Å². The molecule has 2 heterocycles. The number of benzene rings is 1. The van der Waals surface area contributed by atoms with Crippen LogP contribution in [0.2, 0.25) is 0 Å². The molecule has 0 amide bonds. The van der Waals surface area contributed by atoms with E-state index in [1.807, 2.05) is 0 Å². The predicted octanol–water partition coefficient (Wildman–Crippen LogP) is 3.88. The minimum Gasteiger partial charge on any atom is -0.265 e. The van der Waals surface area contributed by atoms with Crippen molar-refractivity contribution in [3.8, 4) is 0 Å². The van der Waals surface area contributed by atoms with Gasteiger partial charge in [-0.3, -0.25) is 4.98 Å². The first-order chi connectivity index (χ1) is 14.1. The molecule has 3 aromatic rings. The Hall–Kier alpha value is -2.37. The molecule has 0 aliphatic rings. The molecule has 0 fully saturated rings. The lowest BCUT2D eigenvalue weighted by Crippen LogP contribution is -2.27. The molecule has 0 bridgehead atoms. The number of thioether (sulfide) groups is 1. The van der Waals surface area contributed by atoms with Crippen molar-refractivity contribution >= 4 is 22.0 Å². The van der Waals surface area contributed by atoms with E-state index in [0.29, 0.717) is 16.3 Å². The molecule has 1 atom stereocenters. The molecule has 0 aliphatic heterocycles. The third kappa shape index (κ3) is 5.02. The molecule has 2 aromatic heterocycles. The van der Waals surface area contributed by atoms with Crippen molar-refractivity contribution in [1.29, 1.82) is 0 Å². The summed E-state index contributed by atoms with van der Waals surface area (Å²) in [5.41, 5.74) is 0.702. The van der Waals surface area contributed by atoms with Crippen LogP contribution in [0.4, 0.5) is 13.2 Å². The van der Waals surface area contributed by atoms with Crippen LogP contribution in [-0.2, 0) is 16.4 Å². The Morgan fingerprint density at radius 1 is 1.10 bits per heavy atom. The van der Waals surface area contributed by atoms with Gasteiger partial charge in [0, 0.05) is 49.3 Å². The fourth-order valence-corrected chi connectivity index (χ4v) is 4.52. The summed E-state index contributed by atoms with van der Waals surface area (Å²) in [5.74, 6) is 0.174. The van der Waals surface area contributed by atoms with Gasteiger partial charge >= 0.3 is 16.4 Å². The average molecular weight is 457 g/mol. The van der Waals surface area contributed by atoms with Crippen molar-refractivity contribution < 1.29 is 21.6 Å². The van der Waals surface area contributed by atoms with E-state index in [1.54, 1.807) is 24.5 Å². The Morgan fingerprint density at radius 3 is 2.30 bits per heavy atom. The molecule has 0 N–H and O–H groups in total. The Morgan fingerprint density at radius 2 is 1.73 bits per heavy atom. The number of nitrogens with zero attached hydrogens (tertiary/aromatic N) is 4. The molecule has 160 valence electrons. The number of rotatable bonds is 7. The number of alkyl halides is 3. The fourth-order valence-electron chi connectivity index (χ4n) is 2.68. The van der Waals surface area contributed by atoms with E-state index >= 15 is 0 Å². The van der Waals surface area contributed by atoms with Crippen LogP contribution in [0.5, 0.6) is 0 Å². The molecule has 0 saturated heterocycles. The third-order valence-electron chi connectivity index (χ3n) is 4.37. The lowest BCUT2D eigenvalue weighted by Gasteiger charge is -2.16. The maximum atomic E-state index is 12.8. The summed E-state index contributed by atoms with van der Waals surface area (Å²) in [7, 11) is -0.843. The van der Waals surface area contributed by atoms with Gasteiger partial charge in [-0.05, 0) is 42.0 Å². The lowest BCUT2D eigenvalue weighted by molar-refractivity contribution is -0.137. The van der Waals surface area contributed by atoms with Gasteiger partial charge in [0.2, 0.25) is 0 Å². The SMILES string of the molecule is CN(C)S(=O)(=O)n1cnc(C(CSc2ccc(C(F)(F)F)cc2)c2ccncc2)c1. The second kappa shape index (κ2) is 8.78. The molecule has 11 heteroatoms. The highest BCUT2D eigenvalue weighted by Crippen LogP contribution is 2.33. The first-order valence-electron chi connectivity index (χ1n) is 8.76. The number of hydrogen-bond acceptors (Lipinski definition) is 5. The zero-order valence-corrected chi connectivity index (χ0v) is 17.7. The van der Waals surface area contributed by atoms with Gasteiger partial charge in [-0.1, -0.05) is 0 Å². The molecule has 3 rings (SSSR count). The van der Waals surface area contributed by atoms with E-state index in [1.165, 1.54) is 50.5 Å². The van der Waals surface area contributed by atoms with E-state index in [0.717, 1.165) is 26.0 Å². The van der Waals surface area contributed by atoms with Gasteiger partial charge in [0.25, 0.3) is 0 Å². The summed E-state index contributed by atoms with van der Waals surface area (Å²) in [6.45, 7) is 0. The Kier molecular flexibility index (Phi) is 6.53. The van der Waals surface area contributed by atoms with Crippen LogP contribution < -0.4 is 0 Å². The summed E-state index contributed by atoms with van der Waals surface area (Å²) in [5, 5.41) is 0. The van der Waals surface area contributed by atoms with Crippen molar-refractivity contribution in [3.63, 3.8) is 0 Å². The topological polar surface area (TPSA) is 68.1 Å². The summed E-state index contributed by atoms with van der Waals surface area (Å²) in [6.07, 6.45) is 1.56. The summed E-state index contributed by atoms with van der Waals surface area (Å²) < 4.78 is 65.1. The molecule has 1 aromatic carbocycles. The van der Waals surface area contributed by atoms with Gasteiger partial charge in [0.05, 0.1) is 11.3 Å². The normalized spacial score (nSPS) is 13.5. The Balaban J connectivity index is 1.85. The molecule has 0 saturated carbocycles. The first-order valence-corrected chi connectivity index (χ1v) is 11.1. The van der Waals surface area contributed by atoms with Gasteiger partial charge in [0.15, 0.2) is 0 Å². The number of imidazole rings is 1. The van der Waals surface area contributed by atoms with Gasteiger partial charge in [-0.2, -0.15) is 25.9 Å². The van der Waals surface area contributed by atoms with E-state index in [2.05, 4.69) is 9.97 Å².